The molecule has 6 heteroatoms. The molecule has 2 aliphatic heterocycles. The molecule has 2 N–H and O–H groups in total. The molecule has 1 saturated heterocycles. The Hall–Kier alpha value is -2.37. The Balaban J connectivity index is 1.57. The number of hydrogen-bond acceptors (Lipinski definition) is 4. The summed E-state index contributed by atoms with van der Waals surface area (Å²) in [5.74, 6) is 0.696. The average molecular weight is 343 g/mol. The Morgan fingerprint density at radius 1 is 1.12 bits per heavy atom. The third-order valence-electron chi connectivity index (χ3n) is 4.10. The fraction of sp³-hybridized carbons (Fsp3) is 0.167. The molecule has 0 aliphatic carbocycles. The molecule has 24 heavy (non-hydrogen) atoms. The van der Waals surface area contributed by atoms with Gasteiger partial charge in [0, 0.05) is 22.8 Å². The van der Waals surface area contributed by atoms with Gasteiger partial charge in [0.05, 0.1) is 18.3 Å². The summed E-state index contributed by atoms with van der Waals surface area (Å²) in [6, 6.07) is 14.1. The van der Waals surface area contributed by atoms with Crippen molar-refractivity contribution in [2.45, 2.75) is 6.04 Å². The van der Waals surface area contributed by atoms with Crippen LogP contribution in [0.2, 0.25) is 5.02 Å². The standard InChI is InChI=1S/C18H16ClFN4/c19-13-3-1-12(2-4-13)16-9-10-24-18(23-16)17(11-21-24)22-15-7-5-14(20)6-8-15/h1-9,17,21-22H,10-11H2. The van der Waals surface area contributed by atoms with E-state index in [0.717, 1.165) is 35.9 Å². The largest absolute Gasteiger partial charge is 0.374 e. The molecule has 122 valence electrons. The van der Waals surface area contributed by atoms with E-state index >= 15 is 0 Å². The van der Waals surface area contributed by atoms with Gasteiger partial charge in [-0.2, -0.15) is 0 Å². The lowest BCUT2D eigenvalue weighted by Gasteiger charge is -2.24. The van der Waals surface area contributed by atoms with Crippen LogP contribution in [0.25, 0.3) is 5.70 Å². The summed E-state index contributed by atoms with van der Waals surface area (Å²) in [5.41, 5.74) is 6.17. The zero-order valence-corrected chi connectivity index (χ0v) is 13.6. The summed E-state index contributed by atoms with van der Waals surface area (Å²) in [7, 11) is 0. The van der Waals surface area contributed by atoms with Gasteiger partial charge in [-0.1, -0.05) is 23.7 Å². The Labute approximate surface area is 144 Å². The van der Waals surface area contributed by atoms with Crippen LogP contribution in [-0.4, -0.2) is 30.0 Å². The quantitative estimate of drug-likeness (QED) is 0.896. The summed E-state index contributed by atoms with van der Waals surface area (Å²) in [5, 5.41) is 6.14. The minimum atomic E-state index is -0.241. The molecule has 0 saturated carbocycles. The Bertz CT molecular complexity index is 799. The first-order valence-electron chi connectivity index (χ1n) is 7.77. The van der Waals surface area contributed by atoms with Gasteiger partial charge in [0.25, 0.3) is 0 Å². The fourth-order valence-electron chi connectivity index (χ4n) is 2.87. The first kappa shape index (κ1) is 15.2. The molecule has 4 rings (SSSR count). The summed E-state index contributed by atoms with van der Waals surface area (Å²) in [4.78, 5) is 4.80. The molecule has 0 amide bonds. The van der Waals surface area contributed by atoms with Crippen LogP contribution in [0.4, 0.5) is 10.1 Å². The van der Waals surface area contributed by atoms with E-state index in [1.807, 2.05) is 29.3 Å². The molecule has 1 unspecified atom stereocenters. The topological polar surface area (TPSA) is 39.7 Å². The van der Waals surface area contributed by atoms with Gasteiger partial charge in [-0.05, 0) is 42.5 Å². The van der Waals surface area contributed by atoms with Crippen LogP contribution in [0.15, 0.2) is 59.6 Å². The lowest BCUT2D eigenvalue weighted by Crippen LogP contribution is -2.38. The number of rotatable bonds is 3. The molecule has 0 aromatic heterocycles. The van der Waals surface area contributed by atoms with E-state index in [1.165, 1.54) is 12.1 Å². The molecule has 0 bridgehead atoms. The zero-order valence-electron chi connectivity index (χ0n) is 12.8. The number of aliphatic imine (C=N–C) groups is 1. The van der Waals surface area contributed by atoms with Gasteiger partial charge in [-0.15, -0.1) is 0 Å². The van der Waals surface area contributed by atoms with Crippen LogP contribution in [0.5, 0.6) is 0 Å². The van der Waals surface area contributed by atoms with Gasteiger partial charge in [0.15, 0.2) is 0 Å². The maximum Gasteiger partial charge on any atom is 0.143 e. The molecule has 2 aromatic rings. The Morgan fingerprint density at radius 3 is 2.62 bits per heavy atom. The van der Waals surface area contributed by atoms with Gasteiger partial charge in [0.2, 0.25) is 0 Å². The number of fused-ring (bicyclic) bond motifs is 1. The Morgan fingerprint density at radius 2 is 1.88 bits per heavy atom. The molecule has 1 atom stereocenters. The lowest BCUT2D eigenvalue weighted by molar-refractivity contribution is 0.380. The molecule has 2 aromatic carbocycles. The third-order valence-corrected chi connectivity index (χ3v) is 4.35. The monoisotopic (exact) mass is 342 g/mol. The number of anilines is 1. The zero-order chi connectivity index (χ0) is 16.5. The van der Waals surface area contributed by atoms with E-state index in [-0.39, 0.29) is 11.9 Å². The van der Waals surface area contributed by atoms with Gasteiger partial charge in [0.1, 0.15) is 11.7 Å². The van der Waals surface area contributed by atoms with Crippen molar-refractivity contribution in [2.75, 3.05) is 18.4 Å². The average Bonchev–Trinajstić information content (AvgIpc) is 3.00. The predicted molar refractivity (Wildman–Crippen MR) is 95.4 cm³/mol. The highest BCUT2D eigenvalue weighted by atomic mass is 35.5. The molecule has 2 aliphatic rings. The summed E-state index contributed by atoms with van der Waals surface area (Å²) >= 11 is 5.95. The minimum Gasteiger partial charge on any atom is -0.374 e. The summed E-state index contributed by atoms with van der Waals surface area (Å²) in [6.07, 6.45) is 2.08. The minimum absolute atomic E-state index is 0.0338. The van der Waals surface area contributed by atoms with E-state index in [2.05, 4.69) is 16.8 Å². The van der Waals surface area contributed by atoms with Gasteiger partial charge in [-0.3, -0.25) is 5.01 Å². The molecule has 1 fully saturated rings. The first-order chi connectivity index (χ1) is 11.7. The third kappa shape index (κ3) is 3.00. The van der Waals surface area contributed by atoms with E-state index in [9.17, 15) is 4.39 Å². The Kier molecular flexibility index (Phi) is 3.96. The van der Waals surface area contributed by atoms with Crippen LogP contribution < -0.4 is 10.7 Å². The number of benzene rings is 2. The molecule has 0 radical (unpaired) electrons. The molecular weight excluding hydrogens is 327 g/mol. The van der Waals surface area contributed by atoms with Crippen LogP contribution in [0.1, 0.15) is 5.56 Å². The van der Waals surface area contributed by atoms with Crippen molar-refractivity contribution in [1.82, 2.24) is 10.4 Å². The van der Waals surface area contributed by atoms with Crippen molar-refractivity contribution in [2.24, 2.45) is 4.99 Å². The normalized spacial score (nSPS) is 19.6. The van der Waals surface area contributed by atoms with Crippen molar-refractivity contribution in [1.29, 1.82) is 0 Å². The van der Waals surface area contributed by atoms with Crippen LogP contribution >= 0.6 is 11.6 Å². The van der Waals surface area contributed by atoms with Crippen molar-refractivity contribution in [3.63, 3.8) is 0 Å². The van der Waals surface area contributed by atoms with E-state index < -0.39 is 0 Å². The summed E-state index contributed by atoms with van der Waals surface area (Å²) < 4.78 is 13.0. The van der Waals surface area contributed by atoms with Crippen molar-refractivity contribution < 1.29 is 4.39 Å². The van der Waals surface area contributed by atoms with E-state index in [0.29, 0.717) is 5.02 Å². The maximum atomic E-state index is 13.0. The smallest absolute Gasteiger partial charge is 0.143 e. The predicted octanol–water partition coefficient (Wildman–Crippen LogP) is 3.53. The SMILES string of the molecule is Fc1ccc(NC2CNN3CC=C(c4ccc(Cl)cc4)N=C23)cc1. The fourth-order valence-corrected chi connectivity index (χ4v) is 3.00. The molecule has 2 heterocycles. The van der Waals surface area contributed by atoms with Crippen LogP contribution in [-0.2, 0) is 0 Å². The maximum absolute atomic E-state index is 13.0. The highest BCUT2D eigenvalue weighted by Gasteiger charge is 2.31. The summed E-state index contributed by atoms with van der Waals surface area (Å²) in [6.45, 7) is 1.48. The molecule has 4 nitrogen and oxygen atoms in total. The van der Waals surface area contributed by atoms with Crippen molar-refractivity contribution >= 4 is 28.8 Å². The van der Waals surface area contributed by atoms with Crippen LogP contribution in [0, 0.1) is 5.82 Å². The first-order valence-corrected chi connectivity index (χ1v) is 8.15. The van der Waals surface area contributed by atoms with Gasteiger partial charge in [-0.25, -0.2) is 14.8 Å². The van der Waals surface area contributed by atoms with E-state index in [4.69, 9.17) is 16.6 Å². The number of hydrogen-bond donors (Lipinski definition) is 2. The lowest BCUT2D eigenvalue weighted by atomic mass is 10.1. The number of nitrogens with zero attached hydrogens (tertiary/aromatic N) is 2. The number of halogens is 2. The second-order valence-electron chi connectivity index (χ2n) is 5.74. The van der Waals surface area contributed by atoms with Gasteiger partial charge >= 0.3 is 0 Å². The molecular formula is C18H16ClFN4. The van der Waals surface area contributed by atoms with Crippen molar-refractivity contribution in [3.8, 4) is 0 Å². The second kappa shape index (κ2) is 6.26. The second-order valence-corrected chi connectivity index (χ2v) is 6.18. The van der Waals surface area contributed by atoms with Gasteiger partial charge < -0.3 is 5.32 Å². The van der Waals surface area contributed by atoms with Crippen LogP contribution in [0.3, 0.4) is 0 Å². The molecule has 0 spiro atoms. The highest BCUT2D eigenvalue weighted by Crippen LogP contribution is 2.24. The number of amidine groups is 1. The number of hydrazine groups is 1. The number of nitrogens with one attached hydrogen (secondary N) is 2. The van der Waals surface area contributed by atoms with Crippen molar-refractivity contribution in [3.05, 3.63) is 71.0 Å². The highest BCUT2D eigenvalue weighted by molar-refractivity contribution is 6.30. The van der Waals surface area contributed by atoms with E-state index in [1.54, 1.807) is 12.1 Å².